The zero-order valence-corrected chi connectivity index (χ0v) is 16.8. The van der Waals surface area contributed by atoms with Crippen molar-refractivity contribution in [3.63, 3.8) is 0 Å². The number of aryl methyl sites for hydroxylation is 1. The average molecular weight is 432 g/mol. The molecular weight excluding hydrogens is 411 g/mol. The van der Waals surface area contributed by atoms with E-state index in [9.17, 15) is 8.78 Å². The van der Waals surface area contributed by atoms with Gasteiger partial charge in [-0.25, -0.2) is 18.7 Å². The Labute approximate surface area is 173 Å². The first-order valence-corrected chi connectivity index (χ1v) is 8.43. The first kappa shape index (κ1) is 22.3. The van der Waals surface area contributed by atoms with Crippen molar-refractivity contribution in [1.82, 2.24) is 24.8 Å². The van der Waals surface area contributed by atoms with Gasteiger partial charge in [-0.05, 0) is 18.2 Å². The molecule has 1 saturated heterocycles. The third-order valence-corrected chi connectivity index (χ3v) is 4.59. The van der Waals surface area contributed by atoms with Crippen molar-refractivity contribution in [3.05, 3.63) is 60.0 Å². The standard InChI is InChI=1S/C18H19F2N5O.2ClH/c1-24-6-5-22-17(24)16-9-21-4-7-25(16)10-13-11-26-18(23-13)12-2-3-14(19)15(20)8-12;;/h2-3,5-6,8,11,16,21H,4,7,9-10H2,1H3;2*1H. The Balaban J connectivity index is 0.00000140. The Morgan fingerprint density at radius 2 is 2.07 bits per heavy atom. The maximum Gasteiger partial charge on any atom is 0.226 e. The molecule has 0 spiro atoms. The Kier molecular flexibility index (Phi) is 7.54. The van der Waals surface area contributed by atoms with Gasteiger partial charge in [-0.1, -0.05) is 0 Å². The lowest BCUT2D eigenvalue weighted by atomic mass is 10.1. The topological polar surface area (TPSA) is 59.1 Å². The molecule has 1 aliphatic heterocycles. The third-order valence-electron chi connectivity index (χ3n) is 4.59. The maximum atomic E-state index is 13.4. The van der Waals surface area contributed by atoms with Crippen LogP contribution in [0.5, 0.6) is 0 Å². The van der Waals surface area contributed by atoms with E-state index in [1.54, 1.807) is 12.5 Å². The number of aromatic nitrogens is 3. The predicted molar refractivity (Wildman–Crippen MR) is 106 cm³/mol. The van der Waals surface area contributed by atoms with Crippen molar-refractivity contribution in [1.29, 1.82) is 0 Å². The highest BCUT2D eigenvalue weighted by molar-refractivity contribution is 5.85. The molecule has 1 N–H and O–H groups in total. The van der Waals surface area contributed by atoms with Crippen LogP contribution >= 0.6 is 24.8 Å². The highest BCUT2D eigenvalue weighted by Gasteiger charge is 2.27. The van der Waals surface area contributed by atoms with Gasteiger partial charge in [-0.2, -0.15) is 0 Å². The molecule has 0 bridgehead atoms. The monoisotopic (exact) mass is 431 g/mol. The minimum absolute atomic E-state index is 0. The largest absolute Gasteiger partial charge is 0.444 e. The van der Waals surface area contributed by atoms with E-state index >= 15 is 0 Å². The molecule has 152 valence electrons. The zero-order valence-electron chi connectivity index (χ0n) is 15.1. The predicted octanol–water partition coefficient (Wildman–Crippen LogP) is 3.34. The van der Waals surface area contributed by atoms with Gasteiger partial charge in [0.1, 0.15) is 12.1 Å². The van der Waals surface area contributed by atoms with Crippen molar-refractivity contribution < 1.29 is 13.2 Å². The minimum atomic E-state index is -0.917. The summed E-state index contributed by atoms with van der Waals surface area (Å²) < 4.78 is 34.0. The number of nitrogens with one attached hydrogen (secondary N) is 1. The molecule has 3 heterocycles. The molecule has 3 aromatic rings. The lowest BCUT2D eigenvalue weighted by molar-refractivity contribution is 0.143. The van der Waals surface area contributed by atoms with Crippen molar-refractivity contribution in [3.8, 4) is 11.5 Å². The molecule has 1 atom stereocenters. The molecule has 0 aliphatic carbocycles. The molecule has 10 heteroatoms. The number of imidazole rings is 1. The van der Waals surface area contributed by atoms with E-state index in [-0.39, 0.29) is 36.7 Å². The SMILES string of the molecule is Cl.Cl.Cn1ccnc1C1CNCCN1Cc1coc(-c2ccc(F)c(F)c2)n1. The molecular formula is C18H21Cl2F2N5O. The molecule has 6 nitrogen and oxygen atoms in total. The van der Waals surface area contributed by atoms with Crippen LogP contribution in [-0.2, 0) is 13.6 Å². The molecule has 1 fully saturated rings. The van der Waals surface area contributed by atoms with E-state index in [4.69, 9.17) is 4.42 Å². The van der Waals surface area contributed by atoms with Gasteiger partial charge in [0.15, 0.2) is 11.6 Å². The van der Waals surface area contributed by atoms with Crippen molar-refractivity contribution >= 4 is 24.8 Å². The van der Waals surface area contributed by atoms with E-state index in [1.807, 2.05) is 17.8 Å². The van der Waals surface area contributed by atoms with E-state index in [2.05, 4.69) is 20.2 Å². The average Bonchev–Trinajstić information content (AvgIpc) is 3.27. The summed E-state index contributed by atoms with van der Waals surface area (Å²) in [4.78, 5) is 11.2. The summed E-state index contributed by atoms with van der Waals surface area (Å²) in [5.74, 6) is -0.539. The quantitative estimate of drug-likeness (QED) is 0.686. The number of benzene rings is 1. The molecule has 0 saturated carbocycles. The van der Waals surface area contributed by atoms with E-state index in [0.29, 0.717) is 12.1 Å². The van der Waals surface area contributed by atoms with Gasteiger partial charge in [0, 0.05) is 51.2 Å². The molecule has 4 rings (SSSR count). The minimum Gasteiger partial charge on any atom is -0.444 e. The van der Waals surface area contributed by atoms with Gasteiger partial charge in [0.25, 0.3) is 0 Å². The van der Waals surface area contributed by atoms with E-state index in [0.717, 1.165) is 43.3 Å². The summed E-state index contributed by atoms with van der Waals surface area (Å²) in [7, 11) is 1.98. The van der Waals surface area contributed by atoms with Crippen LogP contribution in [0.2, 0.25) is 0 Å². The summed E-state index contributed by atoms with van der Waals surface area (Å²) in [6.07, 6.45) is 5.28. The van der Waals surface area contributed by atoms with Gasteiger partial charge in [0.05, 0.1) is 11.7 Å². The highest BCUT2D eigenvalue weighted by atomic mass is 35.5. The zero-order chi connectivity index (χ0) is 18.1. The van der Waals surface area contributed by atoms with Crippen LogP contribution in [0, 0.1) is 11.6 Å². The fourth-order valence-corrected chi connectivity index (χ4v) is 3.24. The Bertz CT molecular complexity index is 917. The van der Waals surface area contributed by atoms with Crippen molar-refractivity contribution in [2.24, 2.45) is 7.05 Å². The number of rotatable bonds is 4. The van der Waals surface area contributed by atoms with E-state index in [1.165, 1.54) is 6.07 Å². The summed E-state index contributed by atoms with van der Waals surface area (Å²) in [5.41, 5.74) is 1.15. The van der Waals surface area contributed by atoms with E-state index < -0.39 is 11.6 Å². The molecule has 1 aromatic carbocycles. The van der Waals surface area contributed by atoms with Crippen LogP contribution in [0.1, 0.15) is 17.6 Å². The fourth-order valence-electron chi connectivity index (χ4n) is 3.24. The normalized spacial score (nSPS) is 17.0. The van der Waals surface area contributed by atoms with Crippen LogP contribution < -0.4 is 5.32 Å². The van der Waals surface area contributed by atoms with Gasteiger partial charge < -0.3 is 14.3 Å². The number of halogens is 4. The number of hydrogen-bond donors (Lipinski definition) is 1. The summed E-state index contributed by atoms with van der Waals surface area (Å²) in [6.45, 7) is 3.13. The molecule has 1 aliphatic rings. The summed E-state index contributed by atoms with van der Waals surface area (Å²) in [6, 6.07) is 3.75. The second kappa shape index (κ2) is 9.47. The van der Waals surface area contributed by atoms with Gasteiger partial charge in [-0.3, -0.25) is 4.90 Å². The van der Waals surface area contributed by atoms with Crippen LogP contribution in [-0.4, -0.2) is 39.1 Å². The van der Waals surface area contributed by atoms with Crippen LogP contribution in [0.25, 0.3) is 11.5 Å². The number of hydrogen-bond acceptors (Lipinski definition) is 5. The number of oxazole rings is 1. The molecule has 0 radical (unpaired) electrons. The second-order valence-electron chi connectivity index (χ2n) is 6.36. The lowest BCUT2D eigenvalue weighted by Gasteiger charge is -2.35. The maximum absolute atomic E-state index is 13.4. The van der Waals surface area contributed by atoms with Crippen LogP contribution in [0.3, 0.4) is 0 Å². The van der Waals surface area contributed by atoms with Gasteiger partial charge in [0.2, 0.25) is 5.89 Å². The Morgan fingerprint density at radius 1 is 1.25 bits per heavy atom. The first-order chi connectivity index (χ1) is 12.6. The van der Waals surface area contributed by atoms with Crippen molar-refractivity contribution in [2.45, 2.75) is 12.6 Å². The molecule has 0 amide bonds. The Hall–Kier alpha value is -2.00. The number of nitrogens with zero attached hydrogens (tertiary/aromatic N) is 4. The van der Waals surface area contributed by atoms with Crippen LogP contribution in [0.4, 0.5) is 8.78 Å². The van der Waals surface area contributed by atoms with Crippen molar-refractivity contribution in [2.75, 3.05) is 19.6 Å². The van der Waals surface area contributed by atoms with Gasteiger partial charge >= 0.3 is 0 Å². The summed E-state index contributed by atoms with van der Waals surface area (Å²) >= 11 is 0. The lowest BCUT2D eigenvalue weighted by Crippen LogP contribution is -2.46. The molecule has 28 heavy (non-hydrogen) atoms. The molecule has 1 unspecified atom stereocenters. The van der Waals surface area contributed by atoms with Crippen LogP contribution in [0.15, 0.2) is 41.3 Å². The highest BCUT2D eigenvalue weighted by Crippen LogP contribution is 2.25. The fraction of sp³-hybridized carbons (Fsp3) is 0.333. The second-order valence-corrected chi connectivity index (χ2v) is 6.36. The summed E-state index contributed by atoms with van der Waals surface area (Å²) in [5, 5.41) is 3.39. The smallest absolute Gasteiger partial charge is 0.226 e. The third kappa shape index (κ3) is 4.52. The van der Waals surface area contributed by atoms with Gasteiger partial charge in [-0.15, -0.1) is 24.8 Å². The molecule has 2 aromatic heterocycles. The number of piperazine rings is 1. The first-order valence-electron chi connectivity index (χ1n) is 8.43. The Morgan fingerprint density at radius 3 is 2.79 bits per heavy atom.